The van der Waals surface area contributed by atoms with Gasteiger partial charge in [-0.1, -0.05) is 0 Å². The fourth-order valence-electron chi connectivity index (χ4n) is 1.46. The van der Waals surface area contributed by atoms with Crippen LogP contribution < -0.4 is 0 Å². The zero-order valence-electron chi connectivity index (χ0n) is 8.20. The first kappa shape index (κ1) is 8.75. The number of hydrogen-bond acceptors (Lipinski definition) is 2. The van der Waals surface area contributed by atoms with Crippen LogP contribution in [0.3, 0.4) is 0 Å². The average Bonchev–Trinajstić information content (AvgIpc) is 2.72. The van der Waals surface area contributed by atoms with E-state index in [9.17, 15) is 5.11 Å². The third kappa shape index (κ3) is 2.31. The average molecular weight is 180 g/mol. The molecule has 0 saturated heterocycles. The summed E-state index contributed by atoms with van der Waals surface area (Å²) < 4.78 is 1.83. The van der Waals surface area contributed by atoms with Gasteiger partial charge in [-0.05, 0) is 32.8 Å². The molecule has 1 fully saturated rings. The van der Waals surface area contributed by atoms with E-state index in [0.717, 1.165) is 0 Å². The van der Waals surface area contributed by atoms with E-state index in [0.29, 0.717) is 12.5 Å². The van der Waals surface area contributed by atoms with Gasteiger partial charge in [-0.3, -0.25) is 4.68 Å². The van der Waals surface area contributed by atoms with Gasteiger partial charge in [-0.25, -0.2) is 0 Å². The second-order valence-electron chi connectivity index (χ2n) is 4.52. The van der Waals surface area contributed by atoms with Crippen LogP contribution in [0, 0.1) is 0 Å². The normalized spacial score (nSPS) is 17.8. The Bertz CT molecular complexity index is 294. The first-order valence-electron chi connectivity index (χ1n) is 4.80. The van der Waals surface area contributed by atoms with Crippen molar-refractivity contribution in [2.75, 3.05) is 0 Å². The monoisotopic (exact) mass is 180 g/mol. The summed E-state index contributed by atoms with van der Waals surface area (Å²) in [6.45, 7) is 4.16. The maximum Gasteiger partial charge on any atom is 0.0786 e. The Hall–Kier alpha value is -0.830. The molecule has 72 valence electrons. The summed E-state index contributed by atoms with van der Waals surface area (Å²) in [7, 11) is 0. The number of nitrogens with zero attached hydrogens (tertiary/aromatic N) is 2. The van der Waals surface area contributed by atoms with E-state index in [-0.39, 0.29) is 0 Å². The minimum atomic E-state index is -0.674. The molecule has 13 heavy (non-hydrogen) atoms. The van der Waals surface area contributed by atoms with E-state index in [4.69, 9.17) is 0 Å². The van der Waals surface area contributed by atoms with Gasteiger partial charge >= 0.3 is 0 Å². The minimum absolute atomic E-state index is 0.569. The van der Waals surface area contributed by atoms with E-state index in [2.05, 4.69) is 11.2 Å². The van der Waals surface area contributed by atoms with Gasteiger partial charge in [-0.2, -0.15) is 5.10 Å². The van der Waals surface area contributed by atoms with E-state index < -0.39 is 5.60 Å². The summed E-state index contributed by atoms with van der Waals surface area (Å²) >= 11 is 0. The van der Waals surface area contributed by atoms with E-state index in [1.165, 1.54) is 18.5 Å². The van der Waals surface area contributed by atoms with E-state index >= 15 is 0 Å². The predicted molar refractivity (Wildman–Crippen MR) is 50.5 cm³/mol. The molecule has 2 rings (SSSR count). The second kappa shape index (κ2) is 2.84. The summed E-state index contributed by atoms with van der Waals surface area (Å²) in [5.41, 5.74) is 0.511. The highest BCUT2D eigenvalue weighted by molar-refractivity contribution is 5.12. The van der Waals surface area contributed by atoms with Crippen LogP contribution >= 0.6 is 0 Å². The smallest absolute Gasteiger partial charge is 0.0786 e. The molecule has 0 atom stereocenters. The van der Waals surface area contributed by atoms with Crippen LogP contribution in [0.5, 0.6) is 0 Å². The number of aromatic nitrogens is 2. The fraction of sp³-hybridized carbons (Fsp3) is 0.700. The Morgan fingerprint density at radius 2 is 2.31 bits per heavy atom. The molecule has 0 bridgehead atoms. The van der Waals surface area contributed by atoms with Crippen LogP contribution in [-0.4, -0.2) is 20.5 Å². The molecule has 0 radical (unpaired) electrons. The molecular weight excluding hydrogens is 164 g/mol. The van der Waals surface area contributed by atoms with Crippen LogP contribution in [0.1, 0.15) is 38.3 Å². The van der Waals surface area contributed by atoms with Crippen molar-refractivity contribution < 1.29 is 5.11 Å². The Morgan fingerprint density at radius 3 is 2.85 bits per heavy atom. The lowest BCUT2D eigenvalue weighted by atomic mass is 10.1. The van der Waals surface area contributed by atoms with Gasteiger partial charge in [-0.15, -0.1) is 0 Å². The maximum absolute atomic E-state index is 9.57. The fourth-order valence-corrected chi connectivity index (χ4v) is 1.46. The second-order valence-corrected chi connectivity index (χ2v) is 4.52. The van der Waals surface area contributed by atoms with Crippen molar-refractivity contribution in [2.24, 2.45) is 0 Å². The first-order valence-corrected chi connectivity index (χ1v) is 4.80. The summed E-state index contributed by atoms with van der Waals surface area (Å²) in [4.78, 5) is 0. The van der Waals surface area contributed by atoms with Crippen molar-refractivity contribution in [3.63, 3.8) is 0 Å². The molecule has 1 N–H and O–H groups in total. The van der Waals surface area contributed by atoms with Gasteiger partial charge in [0, 0.05) is 12.1 Å². The predicted octanol–water partition coefficient (Wildman–Crippen LogP) is 1.53. The molecule has 3 nitrogen and oxygen atoms in total. The quantitative estimate of drug-likeness (QED) is 0.766. The van der Waals surface area contributed by atoms with Crippen molar-refractivity contribution in [1.29, 1.82) is 0 Å². The van der Waals surface area contributed by atoms with E-state index in [1.54, 1.807) is 13.8 Å². The summed E-state index contributed by atoms with van der Waals surface area (Å²) in [6.07, 6.45) is 4.50. The lowest BCUT2D eigenvalue weighted by Crippen LogP contribution is -2.26. The van der Waals surface area contributed by atoms with Crippen molar-refractivity contribution in [2.45, 2.75) is 44.8 Å². The Labute approximate surface area is 78.4 Å². The molecule has 1 aromatic rings. The molecular formula is C10H16N2O. The van der Waals surface area contributed by atoms with Gasteiger partial charge in [0.1, 0.15) is 0 Å². The molecule has 0 aromatic carbocycles. The summed E-state index contributed by atoms with van der Waals surface area (Å²) in [6, 6.07) is 2.06. The van der Waals surface area contributed by atoms with Crippen LogP contribution in [-0.2, 0) is 6.54 Å². The standard InChI is InChI=1S/C10H16N2O/c1-10(2,13)7-12-6-5-9(11-12)8-3-4-8/h5-6,8,13H,3-4,7H2,1-2H3. The summed E-state index contributed by atoms with van der Waals surface area (Å²) in [5.74, 6) is 0.697. The molecule has 1 saturated carbocycles. The molecule has 0 aliphatic heterocycles. The molecule has 1 aromatic heterocycles. The number of rotatable bonds is 3. The molecule has 1 heterocycles. The molecule has 0 unspecified atom stereocenters. The zero-order valence-corrected chi connectivity index (χ0v) is 8.20. The Balaban J connectivity index is 2.04. The Kier molecular flexibility index (Phi) is 1.91. The van der Waals surface area contributed by atoms with Crippen LogP contribution in [0.15, 0.2) is 12.3 Å². The highest BCUT2D eigenvalue weighted by Gasteiger charge is 2.26. The van der Waals surface area contributed by atoms with Gasteiger partial charge in [0.15, 0.2) is 0 Å². The molecule has 0 spiro atoms. The molecule has 1 aliphatic carbocycles. The lowest BCUT2D eigenvalue weighted by Gasteiger charge is -2.16. The Morgan fingerprint density at radius 1 is 1.62 bits per heavy atom. The van der Waals surface area contributed by atoms with Crippen molar-refractivity contribution >= 4 is 0 Å². The molecule has 0 amide bonds. The van der Waals surface area contributed by atoms with Gasteiger partial charge in [0.2, 0.25) is 0 Å². The highest BCUT2D eigenvalue weighted by Crippen LogP contribution is 2.38. The SMILES string of the molecule is CC(C)(O)Cn1ccc(C2CC2)n1. The van der Waals surface area contributed by atoms with Crippen LogP contribution in [0.25, 0.3) is 0 Å². The summed E-state index contributed by atoms with van der Waals surface area (Å²) in [5, 5.41) is 14.0. The maximum atomic E-state index is 9.57. The highest BCUT2D eigenvalue weighted by atomic mass is 16.3. The van der Waals surface area contributed by atoms with Crippen molar-refractivity contribution in [1.82, 2.24) is 9.78 Å². The third-order valence-electron chi connectivity index (χ3n) is 2.21. The van der Waals surface area contributed by atoms with Gasteiger partial charge in [0.05, 0.1) is 17.8 Å². The van der Waals surface area contributed by atoms with Crippen LogP contribution in [0.2, 0.25) is 0 Å². The van der Waals surface area contributed by atoms with Crippen molar-refractivity contribution in [3.8, 4) is 0 Å². The largest absolute Gasteiger partial charge is 0.389 e. The van der Waals surface area contributed by atoms with Crippen LogP contribution in [0.4, 0.5) is 0 Å². The lowest BCUT2D eigenvalue weighted by molar-refractivity contribution is 0.0576. The first-order chi connectivity index (χ1) is 6.04. The topological polar surface area (TPSA) is 38.0 Å². The number of aliphatic hydroxyl groups is 1. The van der Waals surface area contributed by atoms with Gasteiger partial charge < -0.3 is 5.11 Å². The van der Waals surface area contributed by atoms with Gasteiger partial charge in [0.25, 0.3) is 0 Å². The molecule has 3 heteroatoms. The van der Waals surface area contributed by atoms with E-state index in [1.807, 2.05) is 10.9 Å². The molecule has 1 aliphatic rings. The minimum Gasteiger partial charge on any atom is -0.389 e. The zero-order chi connectivity index (χ0) is 9.47. The number of hydrogen-bond donors (Lipinski definition) is 1. The van der Waals surface area contributed by atoms with Crippen molar-refractivity contribution in [3.05, 3.63) is 18.0 Å². The third-order valence-corrected chi connectivity index (χ3v) is 2.21.